The molecule has 0 heterocycles. The summed E-state index contributed by atoms with van der Waals surface area (Å²) in [4.78, 5) is 11.7. The SMILES string of the molecule is CSCCCNC(=O)c1cc(N)c(C)c(F)c1. The topological polar surface area (TPSA) is 55.1 Å². The van der Waals surface area contributed by atoms with Crippen molar-refractivity contribution in [2.24, 2.45) is 0 Å². The lowest BCUT2D eigenvalue weighted by Gasteiger charge is -2.07. The molecule has 0 saturated carbocycles. The van der Waals surface area contributed by atoms with Crippen molar-refractivity contribution < 1.29 is 9.18 Å². The van der Waals surface area contributed by atoms with Crippen LogP contribution < -0.4 is 11.1 Å². The molecule has 1 aromatic carbocycles. The highest BCUT2D eigenvalue weighted by molar-refractivity contribution is 7.98. The number of nitrogens with one attached hydrogen (secondary N) is 1. The summed E-state index contributed by atoms with van der Waals surface area (Å²) in [6, 6.07) is 2.72. The first-order valence-corrected chi connectivity index (χ1v) is 6.78. The van der Waals surface area contributed by atoms with Gasteiger partial charge in [0.05, 0.1) is 0 Å². The second-order valence-electron chi connectivity index (χ2n) is 3.77. The fourth-order valence-corrected chi connectivity index (χ4v) is 1.78. The van der Waals surface area contributed by atoms with E-state index in [1.165, 1.54) is 12.1 Å². The van der Waals surface area contributed by atoms with Crippen LogP contribution in [0.1, 0.15) is 22.3 Å². The van der Waals surface area contributed by atoms with Gasteiger partial charge in [-0.05, 0) is 37.5 Å². The van der Waals surface area contributed by atoms with Gasteiger partial charge in [-0.3, -0.25) is 4.79 Å². The number of nitrogen functional groups attached to an aromatic ring is 1. The van der Waals surface area contributed by atoms with Crippen LogP contribution in [0.2, 0.25) is 0 Å². The molecule has 0 fully saturated rings. The molecular weight excluding hydrogens is 239 g/mol. The lowest BCUT2D eigenvalue weighted by atomic mass is 10.1. The van der Waals surface area contributed by atoms with Crippen LogP contribution >= 0.6 is 11.8 Å². The zero-order valence-electron chi connectivity index (χ0n) is 10.0. The molecule has 0 aliphatic rings. The number of nitrogens with two attached hydrogens (primary N) is 1. The van der Waals surface area contributed by atoms with Crippen LogP contribution in [0.15, 0.2) is 12.1 Å². The zero-order valence-corrected chi connectivity index (χ0v) is 10.9. The van der Waals surface area contributed by atoms with Gasteiger partial charge < -0.3 is 11.1 Å². The van der Waals surface area contributed by atoms with Crippen LogP contribution in [-0.2, 0) is 0 Å². The first kappa shape index (κ1) is 13.8. The first-order valence-electron chi connectivity index (χ1n) is 5.39. The van der Waals surface area contributed by atoms with E-state index in [0.29, 0.717) is 17.8 Å². The lowest BCUT2D eigenvalue weighted by molar-refractivity contribution is 0.0953. The van der Waals surface area contributed by atoms with Gasteiger partial charge in [-0.1, -0.05) is 0 Å². The Hall–Kier alpha value is -1.23. The number of anilines is 1. The van der Waals surface area contributed by atoms with Gasteiger partial charge in [0.25, 0.3) is 5.91 Å². The number of hydrogen-bond acceptors (Lipinski definition) is 3. The maximum atomic E-state index is 13.4. The van der Waals surface area contributed by atoms with Crippen molar-refractivity contribution in [3.05, 3.63) is 29.1 Å². The molecule has 94 valence electrons. The van der Waals surface area contributed by atoms with Crippen LogP contribution in [-0.4, -0.2) is 24.5 Å². The zero-order chi connectivity index (χ0) is 12.8. The van der Waals surface area contributed by atoms with E-state index in [-0.39, 0.29) is 11.5 Å². The summed E-state index contributed by atoms with van der Waals surface area (Å²) in [7, 11) is 0. The van der Waals surface area contributed by atoms with Crippen LogP contribution in [0.5, 0.6) is 0 Å². The van der Waals surface area contributed by atoms with Crippen LogP contribution in [0.25, 0.3) is 0 Å². The molecule has 0 unspecified atom stereocenters. The molecule has 0 spiro atoms. The van der Waals surface area contributed by atoms with E-state index in [4.69, 9.17) is 5.73 Å². The van der Waals surface area contributed by atoms with Crippen LogP contribution in [0, 0.1) is 12.7 Å². The summed E-state index contributed by atoms with van der Waals surface area (Å²) >= 11 is 1.72. The molecule has 0 saturated heterocycles. The van der Waals surface area contributed by atoms with E-state index >= 15 is 0 Å². The number of carbonyl (C=O) groups excluding carboxylic acids is 1. The molecular formula is C12H17FN2OS. The Kier molecular flexibility index (Phi) is 5.28. The van der Waals surface area contributed by atoms with Crippen LogP contribution in [0.4, 0.5) is 10.1 Å². The molecule has 17 heavy (non-hydrogen) atoms. The number of halogens is 1. The van der Waals surface area contributed by atoms with E-state index in [0.717, 1.165) is 12.2 Å². The third kappa shape index (κ3) is 3.93. The molecule has 1 aromatic rings. The Balaban J connectivity index is 2.63. The predicted molar refractivity (Wildman–Crippen MR) is 70.9 cm³/mol. The summed E-state index contributed by atoms with van der Waals surface area (Å²) < 4.78 is 13.4. The maximum Gasteiger partial charge on any atom is 0.251 e. The highest BCUT2D eigenvalue weighted by atomic mass is 32.2. The largest absolute Gasteiger partial charge is 0.398 e. The third-order valence-electron chi connectivity index (χ3n) is 2.46. The van der Waals surface area contributed by atoms with E-state index in [1.54, 1.807) is 18.7 Å². The summed E-state index contributed by atoms with van der Waals surface area (Å²) in [6.07, 6.45) is 2.91. The fourth-order valence-electron chi connectivity index (χ4n) is 1.35. The maximum absolute atomic E-state index is 13.4. The highest BCUT2D eigenvalue weighted by Crippen LogP contribution is 2.17. The van der Waals surface area contributed by atoms with Gasteiger partial charge in [-0.15, -0.1) is 0 Å². The van der Waals surface area contributed by atoms with Crippen LogP contribution in [0.3, 0.4) is 0 Å². The molecule has 3 N–H and O–H groups in total. The van der Waals surface area contributed by atoms with E-state index in [9.17, 15) is 9.18 Å². The Bertz CT molecular complexity index is 386. The highest BCUT2D eigenvalue weighted by Gasteiger charge is 2.10. The van der Waals surface area contributed by atoms with Crippen molar-refractivity contribution in [1.82, 2.24) is 5.32 Å². The Morgan fingerprint density at radius 3 is 2.82 bits per heavy atom. The van der Waals surface area contributed by atoms with Gasteiger partial charge in [-0.2, -0.15) is 11.8 Å². The minimum atomic E-state index is -0.445. The molecule has 1 amide bonds. The Morgan fingerprint density at radius 1 is 1.53 bits per heavy atom. The van der Waals surface area contributed by atoms with Crippen molar-refractivity contribution in [2.75, 3.05) is 24.3 Å². The van der Waals surface area contributed by atoms with Crippen molar-refractivity contribution >= 4 is 23.4 Å². The van der Waals surface area contributed by atoms with Gasteiger partial charge in [0.15, 0.2) is 0 Å². The molecule has 0 atom stereocenters. The molecule has 1 rings (SSSR count). The van der Waals surface area contributed by atoms with E-state index < -0.39 is 5.82 Å². The average Bonchev–Trinajstić information content (AvgIpc) is 2.30. The third-order valence-corrected chi connectivity index (χ3v) is 3.15. The lowest BCUT2D eigenvalue weighted by Crippen LogP contribution is -2.25. The van der Waals surface area contributed by atoms with Gasteiger partial charge in [0, 0.05) is 23.4 Å². The quantitative estimate of drug-likeness (QED) is 0.627. The molecule has 3 nitrogen and oxygen atoms in total. The number of carbonyl (C=O) groups is 1. The Morgan fingerprint density at radius 2 is 2.24 bits per heavy atom. The van der Waals surface area contributed by atoms with E-state index in [1.807, 2.05) is 6.26 Å². The molecule has 0 aliphatic heterocycles. The minimum Gasteiger partial charge on any atom is -0.398 e. The molecule has 0 bridgehead atoms. The van der Waals surface area contributed by atoms with Crippen molar-refractivity contribution in [3.63, 3.8) is 0 Å². The number of benzene rings is 1. The van der Waals surface area contributed by atoms with Gasteiger partial charge in [-0.25, -0.2) is 4.39 Å². The number of thioether (sulfide) groups is 1. The normalized spacial score (nSPS) is 10.3. The average molecular weight is 256 g/mol. The number of rotatable bonds is 5. The van der Waals surface area contributed by atoms with Gasteiger partial charge in [0.2, 0.25) is 0 Å². The van der Waals surface area contributed by atoms with Gasteiger partial charge >= 0.3 is 0 Å². The molecule has 0 aliphatic carbocycles. The molecule has 5 heteroatoms. The molecule has 0 radical (unpaired) electrons. The van der Waals surface area contributed by atoms with Gasteiger partial charge in [0.1, 0.15) is 5.82 Å². The van der Waals surface area contributed by atoms with E-state index in [2.05, 4.69) is 5.32 Å². The summed E-state index contributed by atoms with van der Waals surface area (Å²) in [6.45, 7) is 2.18. The number of hydrogen-bond donors (Lipinski definition) is 2. The van der Waals surface area contributed by atoms with Crippen molar-refractivity contribution in [1.29, 1.82) is 0 Å². The summed E-state index contributed by atoms with van der Waals surface area (Å²) in [5.41, 5.74) is 6.57. The number of amides is 1. The molecule has 0 aromatic heterocycles. The Labute approximate surface area is 105 Å². The smallest absolute Gasteiger partial charge is 0.251 e. The fraction of sp³-hybridized carbons (Fsp3) is 0.417. The predicted octanol–water partition coefficient (Wildman–Crippen LogP) is 2.20. The monoisotopic (exact) mass is 256 g/mol. The van der Waals surface area contributed by atoms with Crippen molar-refractivity contribution in [3.8, 4) is 0 Å². The first-order chi connectivity index (χ1) is 8.06. The second kappa shape index (κ2) is 6.49. The minimum absolute atomic E-state index is 0.273. The summed E-state index contributed by atoms with van der Waals surface area (Å²) in [5, 5.41) is 2.73. The standard InChI is InChI=1S/C12H17FN2OS/c1-8-10(13)6-9(7-11(8)14)12(16)15-4-3-5-17-2/h6-7H,3-5,14H2,1-2H3,(H,15,16). The van der Waals surface area contributed by atoms with Crippen molar-refractivity contribution in [2.45, 2.75) is 13.3 Å². The summed E-state index contributed by atoms with van der Waals surface area (Å²) in [5.74, 6) is 0.265. The second-order valence-corrected chi connectivity index (χ2v) is 4.76.